The summed E-state index contributed by atoms with van der Waals surface area (Å²) in [7, 11) is 0. The number of hydrogen-bond donors (Lipinski definition) is 2. The summed E-state index contributed by atoms with van der Waals surface area (Å²) in [6, 6.07) is -0.447. The number of imide groups is 1. The number of amides is 3. The quantitative estimate of drug-likeness (QED) is 0.757. The largest absolute Gasteiger partial charge is 0.478 e. The van der Waals surface area contributed by atoms with Crippen molar-refractivity contribution in [3.05, 3.63) is 12.2 Å². The number of carboxylic acids is 1. The van der Waals surface area contributed by atoms with Gasteiger partial charge in [0.1, 0.15) is 0 Å². The first kappa shape index (κ1) is 15.2. The van der Waals surface area contributed by atoms with Gasteiger partial charge >= 0.3 is 12.0 Å². The van der Waals surface area contributed by atoms with Gasteiger partial charge in [-0.15, -0.1) is 0 Å². The molecule has 0 aliphatic carbocycles. The molecule has 0 saturated carbocycles. The highest BCUT2D eigenvalue weighted by atomic mass is 16.4. The van der Waals surface area contributed by atoms with E-state index in [1.54, 1.807) is 4.90 Å². The van der Waals surface area contributed by atoms with Crippen molar-refractivity contribution in [1.82, 2.24) is 10.2 Å². The van der Waals surface area contributed by atoms with E-state index in [2.05, 4.69) is 12.2 Å². The summed E-state index contributed by atoms with van der Waals surface area (Å²) in [4.78, 5) is 35.0. The van der Waals surface area contributed by atoms with Crippen LogP contribution in [0.5, 0.6) is 0 Å². The molecule has 1 heterocycles. The molecule has 1 aliphatic rings. The molecule has 0 aromatic heterocycles. The molecular formula is C13H20N2O4. The predicted molar refractivity (Wildman–Crippen MR) is 69.5 cm³/mol. The van der Waals surface area contributed by atoms with Gasteiger partial charge in [0.25, 0.3) is 5.91 Å². The third-order valence-electron chi connectivity index (χ3n) is 3.32. The molecule has 6 heteroatoms. The van der Waals surface area contributed by atoms with Crippen molar-refractivity contribution >= 4 is 17.9 Å². The molecule has 19 heavy (non-hydrogen) atoms. The molecule has 1 aliphatic heterocycles. The van der Waals surface area contributed by atoms with Crippen LogP contribution in [0.2, 0.25) is 0 Å². The number of rotatable bonds is 3. The van der Waals surface area contributed by atoms with Crippen molar-refractivity contribution in [2.75, 3.05) is 13.1 Å². The third-order valence-corrected chi connectivity index (χ3v) is 3.32. The number of likely N-dealkylation sites (tertiary alicyclic amines) is 1. The lowest BCUT2D eigenvalue weighted by Crippen LogP contribution is -2.42. The average molecular weight is 268 g/mol. The zero-order valence-electron chi connectivity index (χ0n) is 11.1. The van der Waals surface area contributed by atoms with E-state index >= 15 is 0 Å². The van der Waals surface area contributed by atoms with Crippen molar-refractivity contribution in [2.24, 2.45) is 5.92 Å². The maximum absolute atomic E-state index is 11.8. The van der Waals surface area contributed by atoms with E-state index in [0.717, 1.165) is 31.8 Å². The molecule has 6 nitrogen and oxygen atoms in total. The lowest BCUT2D eigenvalue weighted by Gasteiger charge is -2.20. The van der Waals surface area contributed by atoms with Crippen LogP contribution in [0.4, 0.5) is 4.79 Å². The second-order valence-electron chi connectivity index (χ2n) is 4.66. The zero-order valence-corrected chi connectivity index (χ0v) is 11.1. The molecule has 3 amide bonds. The Balaban J connectivity index is 2.44. The number of urea groups is 1. The molecule has 1 atom stereocenters. The highest BCUT2D eigenvalue weighted by Gasteiger charge is 2.20. The summed E-state index contributed by atoms with van der Waals surface area (Å²) < 4.78 is 0. The van der Waals surface area contributed by atoms with Crippen LogP contribution in [-0.2, 0) is 9.59 Å². The monoisotopic (exact) mass is 268 g/mol. The van der Waals surface area contributed by atoms with Crippen molar-refractivity contribution in [3.63, 3.8) is 0 Å². The van der Waals surface area contributed by atoms with E-state index in [-0.39, 0.29) is 0 Å². The molecule has 0 aromatic carbocycles. The van der Waals surface area contributed by atoms with Crippen LogP contribution in [0.1, 0.15) is 32.6 Å². The van der Waals surface area contributed by atoms with E-state index in [0.29, 0.717) is 25.1 Å². The van der Waals surface area contributed by atoms with Crippen LogP contribution < -0.4 is 5.32 Å². The lowest BCUT2D eigenvalue weighted by molar-refractivity contribution is -0.131. The van der Waals surface area contributed by atoms with E-state index in [1.165, 1.54) is 0 Å². The normalized spacial score (nSPS) is 20.1. The van der Waals surface area contributed by atoms with E-state index in [4.69, 9.17) is 5.11 Å². The smallest absolute Gasteiger partial charge is 0.328 e. The van der Waals surface area contributed by atoms with Crippen LogP contribution >= 0.6 is 0 Å². The lowest BCUT2D eigenvalue weighted by atomic mass is 9.98. The summed E-state index contributed by atoms with van der Waals surface area (Å²) >= 11 is 0. The Labute approximate surface area is 112 Å². The fraction of sp³-hybridized carbons (Fsp3) is 0.615. The van der Waals surface area contributed by atoms with Gasteiger partial charge < -0.3 is 10.0 Å². The zero-order chi connectivity index (χ0) is 14.3. The Kier molecular flexibility index (Phi) is 6.05. The SMILES string of the molecule is CCC1CCCN(C(=O)NC(=O)C=CC(=O)O)CC1. The van der Waals surface area contributed by atoms with Crippen LogP contribution in [-0.4, -0.2) is 41.0 Å². The average Bonchev–Trinajstić information content (AvgIpc) is 2.61. The molecule has 1 fully saturated rings. The second kappa shape index (κ2) is 7.56. The molecule has 0 bridgehead atoms. The fourth-order valence-corrected chi connectivity index (χ4v) is 2.15. The van der Waals surface area contributed by atoms with Crippen molar-refractivity contribution < 1.29 is 19.5 Å². The topological polar surface area (TPSA) is 86.7 Å². The summed E-state index contributed by atoms with van der Waals surface area (Å²) in [5, 5.41) is 10.5. The summed E-state index contributed by atoms with van der Waals surface area (Å²) in [6.07, 6.45) is 5.64. The van der Waals surface area contributed by atoms with E-state index in [1.807, 2.05) is 0 Å². The minimum atomic E-state index is -1.22. The molecule has 106 valence electrons. The van der Waals surface area contributed by atoms with Crippen LogP contribution in [0.25, 0.3) is 0 Å². The number of carbonyl (C=O) groups is 3. The molecule has 1 saturated heterocycles. The summed E-state index contributed by atoms with van der Waals surface area (Å²) in [5.41, 5.74) is 0. The Hall–Kier alpha value is -1.85. The van der Waals surface area contributed by atoms with Gasteiger partial charge in [0.05, 0.1) is 0 Å². The van der Waals surface area contributed by atoms with E-state index < -0.39 is 17.9 Å². The maximum Gasteiger partial charge on any atom is 0.328 e. The minimum absolute atomic E-state index is 0.447. The number of carboxylic acid groups (broad SMARTS) is 1. The molecule has 1 rings (SSSR count). The molecule has 0 spiro atoms. The Morgan fingerprint density at radius 3 is 2.63 bits per heavy atom. The standard InChI is InChI=1S/C13H20N2O4/c1-2-10-4-3-8-15(9-7-10)13(19)14-11(16)5-6-12(17)18/h5-6,10H,2-4,7-9H2,1H3,(H,17,18)(H,14,16,19). The summed E-state index contributed by atoms with van der Waals surface area (Å²) in [5.74, 6) is -1.28. The predicted octanol–water partition coefficient (Wildman–Crippen LogP) is 1.38. The molecule has 2 N–H and O–H groups in total. The number of aliphatic carboxylic acids is 1. The van der Waals surface area contributed by atoms with Gasteiger partial charge in [-0.3, -0.25) is 10.1 Å². The fourth-order valence-electron chi connectivity index (χ4n) is 2.15. The summed E-state index contributed by atoms with van der Waals surface area (Å²) in [6.45, 7) is 3.42. The van der Waals surface area contributed by atoms with Crippen molar-refractivity contribution in [2.45, 2.75) is 32.6 Å². The van der Waals surface area contributed by atoms with Crippen molar-refractivity contribution in [1.29, 1.82) is 0 Å². The van der Waals surface area contributed by atoms with Gasteiger partial charge in [0.2, 0.25) is 0 Å². The first-order valence-electron chi connectivity index (χ1n) is 6.53. The molecule has 0 aromatic rings. The highest BCUT2D eigenvalue weighted by molar-refractivity contribution is 6.02. The van der Waals surface area contributed by atoms with Gasteiger partial charge in [0, 0.05) is 25.2 Å². The molecule has 1 unspecified atom stereocenters. The van der Waals surface area contributed by atoms with Crippen LogP contribution in [0.3, 0.4) is 0 Å². The number of hydrogen-bond acceptors (Lipinski definition) is 3. The third kappa shape index (κ3) is 5.54. The maximum atomic E-state index is 11.8. The Bertz CT molecular complexity index is 379. The Morgan fingerprint density at radius 1 is 1.26 bits per heavy atom. The van der Waals surface area contributed by atoms with Crippen LogP contribution in [0, 0.1) is 5.92 Å². The second-order valence-corrected chi connectivity index (χ2v) is 4.66. The number of carbonyl (C=O) groups excluding carboxylic acids is 2. The van der Waals surface area contributed by atoms with Gasteiger partial charge in [-0.25, -0.2) is 9.59 Å². The number of nitrogens with zero attached hydrogens (tertiary/aromatic N) is 1. The first-order valence-corrected chi connectivity index (χ1v) is 6.53. The van der Waals surface area contributed by atoms with Crippen molar-refractivity contribution in [3.8, 4) is 0 Å². The molecular weight excluding hydrogens is 248 g/mol. The minimum Gasteiger partial charge on any atom is -0.478 e. The number of nitrogens with one attached hydrogen (secondary N) is 1. The van der Waals surface area contributed by atoms with Gasteiger partial charge in [-0.05, 0) is 25.2 Å². The van der Waals surface area contributed by atoms with Gasteiger partial charge in [-0.2, -0.15) is 0 Å². The molecule has 0 radical (unpaired) electrons. The first-order chi connectivity index (χ1) is 9.02. The van der Waals surface area contributed by atoms with Gasteiger partial charge in [-0.1, -0.05) is 13.3 Å². The van der Waals surface area contributed by atoms with Crippen LogP contribution in [0.15, 0.2) is 12.2 Å². The van der Waals surface area contributed by atoms with E-state index in [9.17, 15) is 14.4 Å². The Morgan fingerprint density at radius 2 is 2.00 bits per heavy atom. The van der Waals surface area contributed by atoms with Gasteiger partial charge in [0.15, 0.2) is 0 Å². The highest BCUT2D eigenvalue weighted by Crippen LogP contribution is 2.20.